The minimum Gasteiger partial charge on any atom is -0.372 e. The lowest BCUT2D eigenvalue weighted by molar-refractivity contribution is -0.126. The molecule has 0 unspecified atom stereocenters. The Morgan fingerprint density at radius 2 is 2.05 bits per heavy atom. The molecule has 1 aliphatic heterocycles. The largest absolute Gasteiger partial charge is 0.372 e. The lowest BCUT2D eigenvalue weighted by atomic mass is 9.94. The van der Waals surface area contributed by atoms with E-state index >= 15 is 0 Å². The summed E-state index contributed by atoms with van der Waals surface area (Å²) < 4.78 is 5.13. The van der Waals surface area contributed by atoms with Crippen molar-refractivity contribution in [3.05, 3.63) is 35.4 Å². The molecule has 0 fully saturated rings. The van der Waals surface area contributed by atoms with Crippen LogP contribution < -0.4 is 5.32 Å². The van der Waals surface area contributed by atoms with Crippen LogP contribution in [0.15, 0.2) is 24.3 Å². The van der Waals surface area contributed by atoms with E-state index in [1.54, 1.807) is 0 Å². The molecular formula is C17H26N2O2. The maximum absolute atomic E-state index is 11.7. The molecule has 4 nitrogen and oxygen atoms in total. The average Bonchev–Trinajstić information content (AvgIpc) is 2.50. The average molecular weight is 290 g/mol. The zero-order chi connectivity index (χ0) is 15.3. The Morgan fingerprint density at radius 3 is 2.76 bits per heavy atom. The number of benzene rings is 1. The third kappa shape index (κ3) is 4.29. The van der Waals surface area contributed by atoms with Crippen molar-refractivity contribution in [1.29, 1.82) is 0 Å². The van der Waals surface area contributed by atoms with Crippen molar-refractivity contribution in [2.75, 3.05) is 26.3 Å². The second kappa shape index (κ2) is 7.05. The summed E-state index contributed by atoms with van der Waals surface area (Å²) in [6.07, 6.45) is 1.08. The third-order valence-electron chi connectivity index (χ3n) is 4.14. The number of ether oxygens (including phenoxy) is 1. The van der Waals surface area contributed by atoms with Crippen molar-refractivity contribution in [2.24, 2.45) is 0 Å². The molecule has 0 aromatic heterocycles. The highest BCUT2D eigenvalue weighted by Gasteiger charge is 2.29. The summed E-state index contributed by atoms with van der Waals surface area (Å²) in [6, 6.07) is 8.61. The van der Waals surface area contributed by atoms with Gasteiger partial charge in [-0.05, 0) is 38.3 Å². The smallest absolute Gasteiger partial charge is 0.246 e. The Bertz CT molecular complexity index is 485. The fourth-order valence-corrected chi connectivity index (χ4v) is 2.68. The predicted molar refractivity (Wildman–Crippen MR) is 84.1 cm³/mol. The number of carbonyl (C=O) groups is 1. The van der Waals surface area contributed by atoms with Crippen LogP contribution in [0, 0.1) is 0 Å². The number of carbonyl (C=O) groups excluding carboxylic acids is 1. The molecule has 116 valence electrons. The van der Waals surface area contributed by atoms with E-state index in [0.717, 1.165) is 19.5 Å². The number of amides is 1. The van der Waals surface area contributed by atoms with Gasteiger partial charge in [0, 0.05) is 31.8 Å². The topological polar surface area (TPSA) is 41.6 Å². The molecule has 4 heteroatoms. The van der Waals surface area contributed by atoms with Crippen LogP contribution in [0.2, 0.25) is 0 Å². The maximum Gasteiger partial charge on any atom is 0.246 e. The first-order valence-corrected chi connectivity index (χ1v) is 7.69. The number of nitrogens with one attached hydrogen (secondary N) is 1. The summed E-state index contributed by atoms with van der Waals surface area (Å²) in [6.45, 7) is 9.60. The Balaban J connectivity index is 1.90. The fraction of sp³-hybridized carbons (Fsp3) is 0.588. The van der Waals surface area contributed by atoms with Gasteiger partial charge < -0.3 is 10.1 Å². The number of hydrogen-bond donors (Lipinski definition) is 1. The van der Waals surface area contributed by atoms with Crippen molar-refractivity contribution in [3.63, 3.8) is 0 Å². The quantitative estimate of drug-likeness (QED) is 0.871. The van der Waals surface area contributed by atoms with E-state index in [4.69, 9.17) is 4.74 Å². The van der Waals surface area contributed by atoms with Crippen molar-refractivity contribution >= 4 is 5.91 Å². The molecule has 1 amide bonds. The molecule has 0 saturated carbocycles. The van der Waals surface area contributed by atoms with Gasteiger partial charge in [0.1, 0.15) is 6.61 Å². The Kier molecular flexibility index (Phi) is 5.37. The van der Waals surface area contributed by atoms with Crippen molar-refractivity contribution in [3.8, 4) is 0 Å². The molecule has 0 aliphatic carbocycles. The van der Waals surface area contributed by atoms with E-state index in [9.17, 15) is 4.79 Å². The first-order chi connectivity index (χ1) is 10.0. The monoisotopic (exact) mass is 290 g/mol. The zero-order valence-corrected chi connectivity index (χ0v) is 13.3. The van der Waals surface area contributed by atoms with Crippen LogP contribution in [-0.2, 0) is 22.5 Å². The summed E-state index contributed by atoms with van der Waals surface area (Å²) in [5.74, 6) is -0.0395. The van der Waals surface area contributed by atoms with E-state index < -0.39 is 0 Å². The number of nitrogens with zero attached hydrogens (tertiary/aromatic N) is 1. The summed E-state index contributed by atoms with van der Waals surface area (Å²) >= 11 is 0. The van der Waals surface area contributed by atoms with E-state index in [1.807, 2.05) is 6.92 Å². The molecule has 1 aromatic rings. The van der Waals surface area contributed by atoms with Gasteiger partial charge in [-0.25, -0.2) is 0 Å². The second-order valence-corrected chi connectivity index (χ2v) is 6.17. The summed E-state index contributed by atoms with van der Waals surface area (Å²) in [5.41, 5.74) is 2.79. The minimum atomic E-state index is -0.0601. The molecule has 1 aliphatic rings. The van der Waals surface area contributed by atoms with E-state index in [-0.39, 0.29) is 18.1 Å². The highest BCUT2D eigenvalue weighted by Crippen LogP contribution is 2.24. The van der Waals surface area contributed by atoms with Gasteiger partial charge in [-0.1, -0.05) is 24.3 Å². The van der Waals surface area contributed by atoms with Crippen molar-refractivity contribution in [1.82, 2.24) is 10.2 Å². The molecule has 1 aromatic carbocycles. The third-order valence-corrected chi connectivity index (χ3v) is 4.14. The van der Waals surface area contributed by atoms with Crippen LogP contribution >= 0.6 is 0 Å². The molecule has 0 radical (unpaired) electrons. The molecule has 1 heterocycles. The number of hydrogen-bond acceptors (Lipinski definition) is 3. The fourth-order valence-electron chi connectivity index (χ4n) is 2.68. The molecule has 21 heavy (non-hydrogen) atoms. The van der Waals surface area contributed by atoms with Gasteiger partial charge in [-0.3, -0.25) is 9.69 Å². The van der Waals surface area contributed by atoms with Crippen molar-refractivity contribution < 1.29 is 9.53 Å². The standard InChI is InChI=1S/C17H26N2O2/c1-4-21-12-16(20)18-13-17(2,3)19-10-9-14-7-5-6-8-15(14)11-19/h5-8H,4,9-13H2,1-3H3,(H,18,20). The molecule has 1 N–H and O–H groups in total. The van der Waals surface area contributed by atoms with E-state index in [0.29, 0.717) is 13.2 Å². The van der Waals surface area contributed by atoms with Gasteiger partial charge in [-0.2, -0.15) is 0 Å². The second-order valence-electron chi connectivity index (χ2n) is 6.17. The van der Waals surface area contributed by atoms with Gasteiger partial charge in [0.15, 0.2) is 0 Å². The number of fused-ring (bicyclic) bond motifs is 1. The zero-order valence-electron chi connectivity index (χ0n) is 13.3. The normalized spacial score (nSPS) is 15.6. The van der Waals surface area contributed by atoms with Crippen LogP contribution in [0.4, 0.5) is 0 Å². The van der Waals surface area contributed by atoms with Crippen molar-refractivity contribution in [2.45, 2.75) is 39.3 Å². The van der Waals surface area contributed by atoms with Gasteiger partial charge in [0.2, 0.25) is 5.91 Å². The maximum atomic E-state index is 11.7. The van der Waals surface area contributed by atoms with Crippen LogP contribution in [0.3, 0.4) is 0 Å². The van der Waals surface area contributed by atoms with Gasteiger partial charge in [0.05, 0.1) is 0 Å². The van der Waals surface area contributed by atoms with Crippen LogP contribution in [-0.4, -0.2) is 42.6 Å². The highest BCUT2D eigenvalue weighted by atomic mass is 16.5. The predicted octanol–water partition coefficient (Wildman–Crippen LogP) is 1.98. The Hall–Kier alpha value is -1.39. The Morgan fingerprint density at radius 1 is 1.33 bits per heavy atom. The van der Waals surface area contributed by atoms with E-state index in [2.05, 4.69) is 48.3 Å². The van der Waals surface area contributed by atoms with E-state index in [1.165, 1.54) is 11.1 Å². The Labute approximate surface area is 127 Å². The molecule has 2 rings (SSSR count). The lowest BCUT2D eigenvalue weighted by Crippen LogP contribution is -2.53. The first-order valence-electron chi connectivity index (χ1n) is 7.69. The lowest BCUT2D eigenvalue weighted by Gasteiger charge is -2.41. The molecule has 0 atom stereocenters. The van der Waals surface area contributed by atoms with Crippen LogP contribution in [0.1, 0.15) is 31.9 Å². The van der Waals surface area contributed by atoms with Crippen LogP contribution in [0.5, 0.6) is 0 Å². The van der Waals surface area contributed by atoms with Gasteiger partial charge in [0.25, 0.3) is 0 Å². The minimum absolute atomic E-state index is 0.0395. The van der Waals surface area contributed by atoms with Gasteiger partial charge >= 0.3 is 0 Å². The SMILES string of the molecule is CCOCC(=O)NCC(C)(C)N1CCc2ccccc2C1. The molecular weight excluding hydrogens is 264 g/mol. The van der Waals surface area contributed by atoms with Gasteiger partial charge in [-0.15, -0.1) is 0 Å². The summed E-state index contributed by atoms with van der Waals surface area (Å²) in [4.78, 5) is 14.1. The summed E-state index contributed by atoms with van der Waals surface area (Å²) in [7, 11) is 0. The summed E-state index contributed by atoms with van der Waals surface area (Å²) in [5, 5.41) is 2.97. The number of rotatable bonds is 6. The molecule has 0 spiro atoms. The van der Waals surface area contributed by atoms with Crippen LogP contribution in [0.25, 0.3) is 0 Å². The molecule has 0 bridgehead atoms. The molecule has 0 saturated heterocycles. The first kappa shape index (κ1) is 16.0. The highest BCUT2D eigenvalue weighted by molar-refractivity contribution is 5.77.